The van der Waals surface area contributed by atoms with E-state index >= 15 is 0 Å². The summed E-state index contributed by atoms with van der Waals surface area (Å²) in [6, 6.07) is 9.64. The van der Waals surface area contributed by atoms with E-state index in [1.165, 1.54) is 17.0 Å². The Morgan fingerprint density at radius 3 is 2.74 bits per heavy atom. The van der Waals surface area contributed by atoms with Crippen molar-refractivity contribution in [1.29, 1.82) is 0 Å². The van der Waals surface area contributed by atoms with E-state index in [1.54, 1.807) is 23.5 Å². The molecule has 1 heterocycles. The molecule has 0 spiro atoms. The molecule has 2 amide bonds. The number of nitrogens with one attached hydrogen (secondary N) is 2. The molecule has 0 radical (unpaired) electrons. The molecule has 3 nitrogen and oxygen atoms in total. The molecule has 0 aliphatic carbocycles. The average molecular weight is 343 g/mol. The van der Waals surface area contributed by atoms with E-state index in [4.69, 9.17) is 0 Å². The van der Waals surface area contributed by atoms with Crippen molar-refractivity contribution in [3.63, 3.8) is 0 Å². The van der Waals surface area contributed by atoms with Crippen LogP contribution in [0.2, 0.25) is 0 Å². The number of thiophene rings is 1. The van der Waals surface area contributed by atoms with Gasteiger partial charge in [0.15, 0.2) is 0 Å². The molecule has 0 unspecified atom stereocenters. The summed E-state index contributed by atoms with van der Waals surface area (Å²) in [7, 11) is 0. The summed E-state index contributed by atoms with van der Waals surface area (Å²) in [6.45, 7) is 0.507. The highest BCUT2D eigenvalue weighted by Crippen LogP contribution is 2.22. The van der Waals surface area contributed by atoms with Gasteiger partial charge in [0.25, 0.3) is 0 Å². The topological polar surface area (TPSA) is 41.1 Å². The molecular formula is C13H12BrFN2OS. The predicted octanol–water partition coefficient (Wildman–Crippen LogP) is 4.01. The molecule has 6 heteroatoms. The van der Waals surface area contributed by atoms with Crippen LogP contribution in [-0.4, -0.2) is 12.6 Å². The van der Waals surface area contributed by atoms with Gasteiger partial charge in [0, 0.05) is 11.4 Å². The lowest BCUT2D eigenvalue weighted by Gasteiger charge is -2.07. The minimum absolute atomic E-state index is 0.180. The van der Waals surface area contributed by atoms with Crippen LogP contribution in [0.15, 0.2) is 40.2 Å². The highest BCUT2D eigenvalue weighted by atomic mass is 79.9. The normalized spacial score (nSPS) is 10.2. The maximum atomic E-state index is 13.3. The van der Waals surface area contributed by atoms with Crippen LogP contribution in [-0.2, 0) is 6.42 Å². The van der Waals surface area contributed by atoms with Gasteiger partial charge in [-0.2, -0.15) is 0 Å². The number of rotatable bonds is 4. The Balaban J connectivity index is 1.77. The van der Waals surface area contributed by atoms with Gasteiger partial charge in [0.05, 0.1) is 9.47 Å². The van der Waals surface area contributed by atoms with Crippen LogP contribution < -0.4 is 10.6 Å². The van der Waals surface area contributed by atoms with Crippen molar-refractivity contribution >= 4 is 39.0 Å². The standard InChI is InChI=1S/C13H12BrFN2OS/c14-12-6-5-9(19-12)7-8-16-13(18)17-11-4-2-1-3-10(11)15/h1-6H,7-8H2,(H2,16,17,18). The summed E-state index contributed by atoms with van der Waals surface area (Å²) in [5, 5.41) is 5.16. The lowest BCUT2D eigenvalue weighted by atomic mass is 10.3. The lowest BCUT2D eigenvalue weighted by Crippen LogP contribution is -2.30. The Labute approximate surface area is 123 Å². The van der Waals surface area contributed by atoms with E-state index in [-0.39, 0.29) is 5.69 Å². The van der Waals surface area contributed by atoms with Crippen molar-refractivity contribution in [2.24, 2.45) is 0 Å². The molecule has 0 aliphatic rings. The van der Waals surface area contributed by atoms with Gasteiger partial charge in [-0.05, 0) is 46.6 Å². The van der Waals surface area contributed by atoms with E-state index in [1.807, 2.05) is 12.1 Å². The first-order valence-corrected chi connectivity index (χ1v) is 7.29. The zero-order valence-electron chi connectivity index (χ0n) is 9.95. The number of amides is 2. The molecular weight excluding hydrogens is 331 g/mol. The smallest absolute Gasteiger partial charge is 0.319 e. The van der Waals surface area contributed by atoms with Crippen LogP contribution in [0.5, 0.6) is 0 Å². The van der Waals surface area contributed by atoms with Crippen molar-refractivity contribution < 1.29 is 9.18 Å². The van der Waals surface area contributed by atoms with Crippen molar-refractivity contribution in [1.82, 2.24) is 5.32 Å². The van der Waals surface area contributed by atoms with E-state index < -0.39 is 11.8 Å². The third-order valence-electron chi connectivity index (χ3n) is 2.41. The van der Waals surface area contributed by atoms with Crippen molar-refractivity contribution in [3.05, 3.63) is 50.9 Å². The Bertz CT molecular complexity index is 573. The first-order valence-electron chi connectivity index (χ1n) is 5.69. The molecule has 0 fully saturated rings. The van der Waals surface area contributed by atoms with E-state index in [9.17, 15) is 9.18 Å². The number of benzene rings is 1. The molecule has 2 N–H and O–H groups in total. The fourth-order valence-corrected chi connectivity index (χ4v) is 3.00. The van der Waals surface area contributed by atoms with Crippen LogP contribution in [0.25, 0.3) is 0 Å². The van der Waals surface area contributed by atoms with Gasteiger partial charge in [-0.25, -0.2) is 9.18 Å². The number of para-hydroxylation sites is 1. The summed E-state index contributed by atoms with van der Waals surface area (Å²) in [4.78, 5) is 12.7. The highest BCUT2D eigenvalue weighted by Gasteiger charge is 2.05. The fraction of sp³-hybridized carbons (Fsp3) is 0.154. The van der Waals surface area contributed by atoms with Crippen LogP contribution >= 0.6 is 27.3 Å². The summed E-state index contributed by atoms with van der Waals surface area (Å²) < 4.78 is 14.4. The molecule has 0 aliphatic heterocycles. The van der Waals surface area contributed by atoms with Gasteiger partial charge in [-0.1, -0.05) is 12.1 Å². The van der Waals surface area contributed by atoms with Crippen LogP contribution in [0.4, 0.5) is 14.9 Å². The number of carbonyl (C=O) groups is 1. The summed E-state index contributed by atoms with van der Waals surface area (Å²) >= 11 is 5.01. The first kappa shape index (κ1) is 14.0. The zero-order chi connectivity index (χ0) is 13.7. The Morgan fingerprint density at radius 1 is 1.26 bits per heavy atom. The molecule has 1 aromatic carbocycles. The van der Waals surface area contributed by atoms with Gasteiger partial charge in [-0.3, -0.25) is 0 Å². The molecule has 0 saturated heterocycles. The third kappa shape index (κ3) is 4.33. The number of anilines is 1. The highest BCUT2D eigenvalue weighted by molar-refractivity contribution is 9.11. The molecule has 0 bridgehead atoms. The van der Waals surface area contributed by atoms with Crippen molar-refractivity contribution in [2.45, 2.75) is 6.42 Å². The third-order valence-corrected chi connectivity index (χ3v) is 4.09. The SMILES string of the molecule is O=C(NCCc1ccc(Br)s1)Nc1ccccc1F. The molecule has 0 saturated carbocycles. The number of hydrogen-bond acceptors (Lipinski definition) is 2. The predicted molar refractivity (Wildman–Crippen MR) is 79.1 cm³/mol. The summed E-state index contributed by atoms with van der Waals surface area (Å²) in [5.74, 6) is -0.445. The van der Waals surface area contributed by atoms with Gasteiger partial charge in [0.1, 0.15) is 5.82 Å². The average Bonchev–Trinajstić information content (AvgIpc) is 2.78. The van der Waals surface area contributed by atoms with Crippen LogP contribution in [0, 0.1) is 5.82 Å². The second-order valence-corrected chi connectivity index (χ2v) is 6.36. The van der Waals surface area contributed by atoms with Crippen molar-refractivity contribution in [2.75, 3.05) is 11.9 Å². The molecule has 100 valence electrons. The van der Waals surface area contributed by atoms with Crippen LogP contribution in [0.3, 0.4) is 0 Å². The number of carbonyl (C=O) groups excluding carboxylic acids is 1. The number of hydrogen-bond donors (Lipinski definition) is 2. The maximum Gasteiger partial charge on any atom is 0.319 e. The number of urea groups is 1. The molecule has 19 heavy (non-hydrogen) atoms. The first-order chi connectivity index (χ1) is 9.15. The zero-order valence-corrected chi connectivity index (χ0v) is 12.4. The van der Waals surface area contributed by atoms with Crippen LogP contribution in [0.1, 0.15) is 4.88 Å². The molecule has 1 aromatic heterocycles. The summed E-state index contributed by atoms with van der Waals surface area (Å²) in [6.07, 6.45) is 0.751. The Kier molecular flexibility index (Phi) is 4.93. The molecule has 2 rings (SSSR count). The molecule has 2 aromatic rings. The van der Waals surface area contributed by atoms with Gasteiger partial charge in [-0.15, -0.1) is 11.3 Å². The van der Waals surface area contributed by atoms with Gasteiger partial charge >= 0.3 is 6.03 Å². The largest absolute Gasteiger partial charge is 0.338 e. The van der Waals surface area contributed by atoms with E-state index in [0.29, 0.717) is 6.54 Å². The van der Waals surface area contributed by atoms with Gasteiger partial charge in [0.2, 0.25) is 0 Å². The summed E-state index contributed by atoms with van der Waals surface area (Å²) in [5.41, 5.74) is 0.180. The second-order valence-electron chi connectivity index (χ2n) is 3.82. The minimum Gasteiger partial charge on any atom is -0.338 e. The molecule has 0 atom stereocenters. The van der Waals surface area contributed by atoms with E-state index in [0.717, 1.165) is 10.2 Å². The van der Waals surface area contributed by atoms with Gasteiger partial charge < -0.3 is 10.6 Å². The Hall–Kier alpha value is -1.40. The fourth-order valence-electron chi connectivity index (χ4n) is 1.51. The van der Waals surface area contributed by atoms with E-state index in [2.05, 4.69) is 26.6 Å². The second kappa shape index (κ2) is 6.68. The minimum atomic E-state index is -0.445. The monoisotopic (exact) mass is 342 g/mol. The van der Waals surface area contributed by atoms with Crippen molar-refractivity contribution in [3.8, 4) is 0 Å². The maximum absolute atomic E-state index is 13.3. The number of halogens is 2. The lowest BCUT2D eigenvalue weighted by molar-refractivity contribution is 0.252. The Morgan fingerprint density at radius 2 is 2.05 bits per heavy atom. The quantitative estimate of drug-likeness (QED) is 0.865.